The molecule has 3 saturated heterocycles. The molecule has 3 fully saturated rings. The second-order valence-corrected chi connectivity index (χ2v) is 30.7. The number of amides is 2. The van der Waals surface area contributed by atoms with Crippen molar-refractivity contribution in [2.75, 3.05) is 26.4 Å². The average molecular weight is 1510 g/mol. The zero-order valence-corrected chi connectivity index (χ0v) is 65.8. The maximum atomic E-state index is 13.6. The minimum Gasteiger partial charge on any atom is -0.477 e. The number of carbonyl (C=O) groups excluding carboxylic acids is 2. The standard InChI is InChI=1S/C83H152N2O21/c1-4-6-8-10-12-14-16-18-20-22-24-25-26-27-28-29-30-31-32-33-34-35-36-37-39-41-43-45-47-49-51-53-55-57-70(93)85-64(65(90)56-54-52-50-48-46-44-42-40-38-23-21-19-17-15-13-11-9-7-5-2)62-101-80-75(97)74(96)77(69(61-88)103-80)104-81-76(98)79(73(95)68(60-87)102-81)106-83(82(99)100)58-66(91)71(84-63(3)89)78(105-83)72(94)67(92)59-86/h24-25,27-28,54,56,64-69,71-81,86-88,90-92,94-98H,4-23,26,29-53,55,57-62H2,1-3H3,(H,84,89)(H,85,93)(H,99,100)/b25-24-,28-27-,56-54+. The van der Waals surface area contributed by atoms with Crippen LogP contribution in [-0.2, 0) is 42.8 Å². The van der Waals surface area contributed by atoms with Gasteiger partial charge in [-0.2, -0.15) is 0 Å². The first-order chi connectivity index (χ1) is 51.4. The fourth-order valence-electron chi connectivity index (χ4n) is 14.6. The molecule has 14 N–H and O–H groups in total. The van der Waals surface area contributed by atoms with E-state index in [0.717, 1.165) is 58.3 Å². The lowest BCUT2D eigenvalue weighted by atomic mass is 9.88. The molecule has 23 nitrogen and oxygen atoms in total. The van der Waals surface area contributed by atoms with E-state index in [-0.39, 0.29) is 12.3 Å². The van der Waals surface area contributed by atoms with Gasteiger partial charge in [-0.15, -0.1) is 0 Å². The van der Waals surface area contributed by atoms with Crippen molar-refractivity contribution in [3.8, 4) is 0 Å². The molecule has 3 rings (SSSR count). The molecular formula is C83H152N2O21. The highest BCUT2D eigenvalue weighted by Crippen LogP contribution is 2.39. The Morgan fingerprint density at radius 2 is 0.915 bits per heavy atom. The topological polar surface area (TPSA) is 373 Å². The first-order valence-electron chi connectivity index (χ1n) is 42.4. The summed E-state index contributed by atoms with van der Waals surface area (Å²) in [5, 5.41) is 136. The Bertz CT molecular complexity index is 2250. The Kier molecular flexibility index (Phi) is 56.4. The van der Waals surface area contributed by atoms with Crippen molar-refractivity contribution >= 4 is 17.8 Å². The molecule has 0 aromatic rings. The number of allylic oxidation sites excluding steroid dienone is 5. The van der Waals surface area contributed by atoms with Gasteiger partial charge < -0.3 is 100 Å². The van der Waals surface area contributed by atoms with Gasteiger partial charge in [0.1, 0.15) is 67.1 Å². The Morgan fingerprint density at radius 1 is 0.500 bits per heavy atom. The van der Waals surface area contributed by atoms with Crippen LogP contribution in [0.15, 0.2) is 36.5 Å². The van der Waals surface area contributed by atoms with Crippen LogP contribution in [0.2, 0.25) is 0 Å². The minimum atomic E-state index is -3.08. The summed E-state index contributed by atoms with van der Waals surface area (Å²) in [5.41, 5.74) is 0. The molecule has 0 saturated carbocycles. The quantitative estimate of drug-likeness (QED) is 0.0199. The van der Waals surface area contributed by atoms with Crippen LogP contribution in [0.1, 0.15) is 335 Å². The number of carboxylic acids is 1. The summed E-state index contributed by atoms with van der Waals surface area (Å²) in [4.78, 5) is 38.7. The highest BCUT2D eigenvalue weighted by Gasteiger charge is 2.60. The number of aliphatic hydroxyl groups is 11. The molecule has 2 amide bonds. The van der Waals surface area contributed by atoms with Crippen LogP contribution < -0.4 is 10.6 Å². The Hall–Kier alpha value is -3.05. The van der Waals surface area contributed by atoms with Gasteiger partial charge in [-0.1, -0.05) is 301 Å². The van der Waals surface area contributed by atoms with Crippen molar-refractivity contribution in [1.82, 2.24) is 10.6 Å². The van der Waals surface area contributed by atoms with Crippen LogP contribution in [-0.4, -0.2) is 215 Å². The highest BCUT2D eigenvalue weighted by atomic mass is 16.8. The molecule has 23 heteroatoms. The van der Waals surface area contributed by atoms with Crippen LogP contribution in [0, 0.1) is 0 Å². The lowest BCUT2D eigenvalue weighted by molar-refractivity contribution is -0.386. The number of aliphatic carboxylic acids is 1. The third-order valence-corrected chi connectivity index (χ3v) is 21.3. The van der Waals surface area contributed by atoms with Gasteiger partial charge >= 0.3 is 5.97 Å². The zero-order chi connectivity index (χ0) is 77.4. The third-order valence-electron chi connectivity index (χ3n) is 21.3. The summed E-state index contributed by atoms with van der Waals surface area (Å²) in [6, 6.07) is -2.62. The molecular weight excluding hydrogens is 1360 g/mol. The number of unbranched alkanes of at least 4 members (excludes halogenated alkanes) is 43. The first-order valence-corrected chi connectivity index (χ1v) is 42.4. The molecule has 106 heavy (non-hydrogen) atoms. The van der Waals surface area contributed by atoms with Crippen molar-refractivity contribution in [1.29, 1.82) is 0 Å². The maximum absolute atomic E-state index is 13.6. The molecule has 0 aromatic heterocycles. The molecule has 18 atom stereocenters. The number of nitrogens with one attached hydrogen (secondary N) is 2. The molecule has 3 heterocycles. The summed E-state index contributed by atoms with van der Waals surface area (Å²) < 4.78 is 34.9. The zero-order valence-electron chi connectivity index (χ0n) is 65.8. The second-order valence-electron chi connectivity index (χ2n) is 30.7. The highest BCUT2D eigenvalue weighted by molar-refractivity contribution is 5.77. The van der Waals surface area contributed by atoms with Gasteiger partial charge in [0.15, 0.2) is 12.6 Å². The number of aliphatic hydroxyl groups excluding tert-OH is 11. The summed E-state index contributed by atoms with van der Waals surface area (Å²) >= 11 is 0. The van der Waals surface area contributed by atoms with Crippen molar-refractivity contribution in [2.24, 2.45) is 0 Å². The Morgan fingerprint density at radius 3 is 1.33 bits per heavy atom. The molecule has 0 aliphatic carbocycles. The first kappa shape index (κ1) is 97.1. The largest absolute Gasteiger partial charge is 0.477 e. The van der Waals surface area contributed by atoms with E-state index in [0.29, 0.717) is 12.8 Å². The fraction of sp³-hybridized carbons (Fsp3) is 0.892. The van der Waals surface area contributed by atoms with E-state index in [1.54, 1.807) is 6.08 Å². The van der Waals surface area contributed by atoms with Gasteiger partial charge in [0, 0.05) is 19.8 Å². The van der Waals surface area contributed by atoms with Gasteiger partial charge in [-0.05, 0) is 51.4 Å². The molecule has 0 aromatic carbocycles. The SMILES string of the molecule is CCCCCCCCCCC/C=C\C/C=C\CCCCCCCCCCCCCCCCCCCC(=O)NC(COC1OC(CO)C(OC2OC(CO)C(O)C(OC3(C(=O)O)CC(O)C(NC(C)=O)C(C(O)C(O)CO)O3)C2O)C(O)C1O)C(O)/C=C/CCCCCCCCCCCCCCCCCCC. The summed E-state index contributed by atoms with van der Waals surface area (Å²) in [6.07, 6.45) is 41.9. The van der Waals surface area contributed by atoms with E-state index in [4.69, 9.17) is 28.4 Å². The van der Waals surface area contributed by atoms with Gasteiger partial charge in [-0.25, -0.2) is 4.79 Å². The molecule has 0 radical (unpaired) electrons. The predicted molar refractivity (Wildman–Crippen MR) is 412 cm³/mol. The monoisotopic (exact) mass is 1510 g/mol. The maximum Gasteiger partial charge on any atom is 0.364 e. The van der Waals surface area contributed by atoms with Crippen LogP contribution in [0.4, 0.5) is 0 Å². The van der Waals surface area contributed by atoms with Crippen molar-refractivity contribution in [3.63, 3.8) is 0 Å². The van der Waals surface area contributed by atoms with E-state index >= 15 is 0 Å². The normalized spacial score (nSPS) is 26.3. The number of hydrogen-bond acceptors (Lipinski definition) is 20. The molecule has 3 aliphatic heterocycles. The Labute approximate surface area is 637 Å². The van der Waals surface area contributed by atoms with Crippen molar-refractivity contribution < 1.29 is 104 Å². The fourth-order valence-corrected chi connectivity index (χ4v) is 14.6. The van der Waals surface area contributed by atoms with Crippen molar-refractivity contribution in [2.45, 2.75) is 445 Å². The number of carboxylic acid groups (broad SMARTS) is 1. The van der Waals surface area contributed by atoms with Gasteiger partial charge in [0.05, 0.1) is 50.7 Å². The number of carbonyl (C=O) groups is 3. The van der Waals surface area contributed by atoms with E-state index < -0.39 is 155 Å². The summed E-state index contributed by atoms with van der Waals surface area (Å²) in [7, 11) is 0. The third kappa shape index (κ3) is 40.9. The van der Waals surface area contributed by atoms with Crippen molar-refractivity contribution in [3.05, 3.63) is 36.5 Å². The summed E-state index contributed by atoms with van der Waals surface area (Å²) in [5.74, 6) is -6.14. The molecule has 3 aliphatic rings. The number of hydrogen-bond donors (Lipinski definition) is 14. The second kappa shape index (κ2) is 61.5. The Balaban J connectivity index is 1.47. The number of ether oxygens (including phenoxy) is 6. The van der Waals surface area contributed by atoms with Crippen LogP contribution in [0.25, 0.3) is 0 Å². The molecule has 18 unspecified atom stereocenters. The van der Waals surface area contributed by atoms with Crippen LogP contribution in [0.3, 0.4) is 0 Å². The van der Waals surface area contributed by atoms with E-state index in [2.05, 4.69) is 48.8 Å². The van der Waals surface area contributed by atoms with Gasteiger partial charge in [0.2, 0.25) is 11.8 Å². The van der Waals surface area contributed by atoms with Crippen LogP contribution >= 0.6 is 0 Å². The van der Waals surface area contributed by atoms with E-state index in [1.165, 1.54) is 238 Å². The number of rotatable bonds is 67. The van der Waals surface area contributed by atoms with Gasteiger partial charge in [-0.3, -0.25) is 9.59 Å². The van der Waals surface area contributed by atoms with Gasteiger partial charge in [0.25, 0.3) is 5.79 Å². The molecule has 620 valence electrons. The lowest BCUT2D eigenvalue weighted by Crippen LogP contribution is -2.70. The summed E-state index contributed by atoms with van der Waals surface area (Å²) in [6.45, 7) is 2.18. The average Bonchev–Trinajstić information content (AvgIpc) is 0.755. The van der Waals surface area contributed by atoms with E-state index in [9.17, 15) is 75.7 Å². The molecule has 0 bridgehead atoms. The lowest BCUT2D eigenvalue weighted by Gasteiger charge is -2.50. The minimum absolute atomic E-state index is 0.202. The smallest absolute Gasteiger partial charge is 0.364 e. The van der Waals surface area contributed by atoms with Crippen LogP contribution in [0.5, 0.6) is 0 Å². The predicted octanol–water partition coefficient (Wildman–Crippen LogP) is 12.1. The van der Waals surface area contributed by atoms with E-state index in [1.807, 2.05) is 6.08 Å². The molecule has 0 spiro atoms.